The van der Waals surface area contributed by atoms with Crippen LogP contribution in [-0.4, -0.2) is 31.8 Å². The van der Waals surface area contributed by atoms with Crippen LogP contribution >= 0.6 is 0 Å². The number of nitrogens with two attached hydrogens (primary N) is 1. The maximum Gasteiger partial charge on any atom is 0.221 e. The maximum absolute atomic E-state index is 11.7. The number of amides is 1. The Hall–Kier alpha value is -2.05. The van der Waals surface area contributed by atoms with Crippen LogP contribution in [0.2, 0.25) is 0 Å². The molecule has 2 aromatic rings. The highest BCUT2D eigenvalue weighted by atomic mass is 16.1. The van der Waals surface area contributed by atoms with Gasteiger partial charge in [0.25, 0.3) is 0 Å². The summed E-state index contributed by atoms with van der Waals surface area (Å²) in [5.41, 5.74) is 8.60. The zero-order valence-electron chi connectivity index (χ0n) is 12.3. The summed E-state index contributed by atoms with van der Waals surface area (Å²) < 4.78 is 3.63. The van der Waals surface area contributed by atoms with E-state index >= 15 is 0 Å². The van der Waals surface area contributed by atoms with E-state index in [-0.39, 0.29) is 5.91 Å². The molecule has 7 heteroatoms. The monoisotopic (exact) mass is 278 g/mol. The minimum absolute atomic E-state index is 0.0333. The molecule has 0 aromatic carbocycles. The van der Waals surface area contributed by atoms with Crippen LogP contribution in [0.5, 0.6) is 0 Å². The van der Waals surface area contributed by atoms with E-state index in [4.69, 9.17) is 5.73 Å². The van der Waals surface area contributed by atoms with Gasteiger partial charge in [0.1, 0.15) is 5.52 Å². The number of nitrogens with one attached hydrogen (secondary N) is 1. The third kappa shape index (κ3) is 2.61. The summed E-state index contributed by atoms with van der Waals surface area (Å²) in [6.07, 6.45) is 2.14. The quantitative estimate of drug-likeness (QED) is 0.819. The Bertz CT molecular complexity index is 612. The number of anilines is 1. The summed E-state index contributed by atoms with van der Waals surface area (Å²) in [5, 5.41) is 7.28. The van der Waals surface area contributed by atoms with Gasteiger partial charge in [-0.1, -0.05) is 13.8 Å². The van der Waals surface area contributed by atoms with Crippen LogP contribution in [0.3, 0.4) is 0 Å². The van der Waals surface area contributed by atoms with Gasteiger partial charge in [-0.3, -0.25) is 14.0 Å². The number of rotatable bonds is 6. The smallest absolute Gasteiger partial charge is 0.221 e. The van der Waals surface area contributed by atoms with Crippen LogP contribution in [-0.2, 0) is 24.8 Å². The minimum atomic E-state index is 0.0333. The average molecular weight is 278 g/mol. The number of hydrogen-bond donors (Lipinski definition) is 2. The average Bonchev–Trinajstić information content (AvgIpc) is 2.91. The Labute approximate surface area is 118 Å². The van der Waals surface area contributed by atoms with Crippen LogP contribution < -0.4 is 11.1 Å². The van der Waals surface area contributed by atoms with Crippen molar-refractivity contribution in [1.29, 1.82) is 0 Å². The fourth-order valence-electron chi connectivity index (χ4n) is 2.28. The van der Waals surface area contributed by atoms with Crippen molar-refractivity contribution < 1.29 is 4.79 Å². The SMILES string of the molecule is CCCNC(=O)CCn1c(N)nc2c(CC)nn(C)c21. The van der Waals surface area contributed by atoms with Crippen molar-refractivity contribution in [2.75, 3.05) is 12.3 Å². The molecule has 0 fully saturated rings. The predicted molar refractivity (Wildman–Crippen MR) is 78.2 cm³/mol. The molecule has 20 heavy (non-hydrogen) atoms. The van der Waals surface area contributed by atoms with Gasteiger partial charge in [0.05, 0.1) is 5.69 Å². The van der Waals surface area contributed by atoms with Crippen LogP contribution in [0.1, 0.15) is 32.4 Å². The van der Waals surface area contributed by atoms with Crippen molar-refractivity contribution in [3.05, 3.63) is 5.69 Å². The lowest BCUT2D eigenvalue weighted by Crippen LogP contribution is -2.25. The molecule has 0 radical (unpaired) electrons. The van der Waals surface area contributed by atoms with Gasteiger partial charge in [0.2, 0.25) is 11.9 Å². The van der Waals surface area contributed by atoms with E-state index in [2.05, 4.69) is 15.4 Å². The van der Waals surface area contributed by atoms with Crippen molar-refractivity contribution in [1.82, 2.24) is 24.6 Å². The summed E-state index contributed by atoms with van der Waals surface area (Å²) >= 11 is 0. The molecule has 2 aromatic heterocycles. The summed E-state index contributed by atoms with van der Waals surface area (Å²) in [6.45, 7) is 5.29. The third-order valence-electron chi connectivity index (χ3n) is 3.29. The van der Waals surface area contributed by atoms with Gasteiger partial charge in [-0.05, 0) is 12.8 Å². The van der Waals surface area contributed by atoms with Gasteiger partial charge in [0.15, 0.2) is 5.65 Å². The fraction of sp³-hybridized carbons (Fsp3) is 0.615. The molecule has 0 saturated carbocycles. The number of imidazole rings is 1. The van der Waals surface area contributed by atoms with Crippen molar-refractivity contribution in [3.63, 3.8) is 0 Å². The first kappa shape index (κ1) is 14.4. The molecular weight excluding hydrogens is 256 g/mol. The second-order valence-corrected chi connectivity index (χ2v) is 4.82. The standard InChI is InChI=1S/C13H22N6O/c1-4-7-15-10(20)6-8-19-12-11(16-13(19)14)9(5-2)17-18(12)3/h4-8H2,1-3H3,(H2,14,16)(H,15,20). The first-order valence-corrected chi connectivity index (χ1v) is 7.02. The number of carbonyl (C=O) groups excluding carboxylic acids is 1. The zero-order valence-corrected chi connectivity index (χ0v) is 12.3. The topological polar surface area (TPSA) is 90.8 Å². The molecule has 7 nitrogen and oxygen atoms in total. The van der Waals surface area contributed by atoms with E-state index in [0.29, 0.717) is 25.5 Å². The van der Waals surface area contributed by atoms with Crippen LogP contribution in [0.4, 0.5) is 5.95 Å². The molecule has 110 valence electrons. The molecule has 0 saturated heterocycles. The lowest BCUT2D eigenvalue weighted by molar-refractivity contribution is -0.121. The first-order chi connectivity index (χ1) is 9.58. The summed E-state index contributed by atoms with van der Waals surface area (Å²) in [5.74, 6) is 0.469. The highest BCUT2D eigenvalue weighted by Gasteiger charge is 2.17. The number of aryl methyl sites for hydroxylation is 3. The van der Waals surface area contributed by atoms with E-state index in [9.17, 15) is 4.79 Å². The number of aromatic nitrogens is 4. The van der Waals surface area contributed by atoms with Gasteiger partial charge >= 0.3 is 0 Å². The summed E-state index contributed by atoms with van der Waals surface area (Å²) in [6, 6.07) is 0. The van der Waals surface area contributed by atoms with E-state index in [1.54, 1.807) is 4.68 Å². The molecule has 3 N–H and O–H groups in total. The Morgan fingerprint density at radius 1 is 1.40 bits per heavy atom. The largest absolute Gasteiger partial charge is 0.369 e. The van der Waals surface area contributed by atoms with Crippen LogP contribution in [0, 0.1) is 0 Å². The molecule has 0 aliphatic carbocycles. The van der Waals surface area contributed by atoms with E-state index < -0.39 is 0 Å². The van der Waals surface area contributed by atoms with E-state index in [1.165, 1.54) is 0 Å². The van der Waals surface area contributed by atoms with Gasteiger partial charge < -0.3 is 11.1 Å². The van der Waals surface area contributed by atoms with Crippen molar-refractivity contribution >= 4 is 23.0 Å². The summed E-state index contributed by atoms with van der Waals surface area (Å²) in [4.78, 5) is 16.1. The fourth-order valence-corrected chi connectivity index (χ4v) is 2.28. The minimum Gasteiger partial charge on any atom is -0.369 e. The highest BCUT2D eigenvalue weighted by molar-refractivity contribution is 5.79. The van der Waals surface area contributed by atoms with E-state index in [0.717, 1.165) is 29.7 Å². The van der Waals surface area contributed by atoms with E-state index in [1.807, 2.05) is 25.5 Å². The molecule has 1 amide bonds. The number of nitrogen functional groups attached to an aromatic ring is 1. The molecule has 0 aliphatic heterocycles. The normalized spacial score (nSPS) is 11.2. The predicted octanol–water partition coefficient (Wildman–Crippen LogP) is 0.831. The molecule has 0 unspecified atom stereocenters. The van der Waals surface area contributed by atoms with Gasteiger partial charge in [-0.15, -0.1) is 0 Å². The van der Waals surface area contributed by atoms with Crippen molar-refractivity contribution in [2.24, 2.45) is 7.05 Å². The highest BCUT2D eigenvalue weighted by Crippen LogP contribution is 2.21. The van der Waals surface area contributed by atoms with Crippen molar-refractivity contribution in [3.8, 4) is 0 Å². The Kier molecular flexibility index (Phi) is 4.26. The molecule has 0 spiro atoms. The van der Waals surface area contributed by atoms with Gasteiger partial charge in [-0.25, -0.2) is 4.98 Å². The van der Waals surface area contributed by atoms with Gasteiger partial charge in [-0.2, -0.15) is 5.10 Å². The molecular formula is C13H22N6O. The number of carbonyl (C=O) groups is 1. The number of hydrogen-bond acceptors (Lipinski definition) is 4. The molecule has 2 heterocycles. The van der Waals surface area contributed by atoms with Crippen LogP contribution in [0.25, 0.3) is 11.2 Å². The Balaban J connectivity index is 2.19. The molecule has 0 bridgehead atoms. The number of fused-ring (bicyclic) bond motifs is 1. The lowest BCUT2D eigenvalue weighted by atomic mass is 10.3. The second kappa shape index (κ2) is 5.94. The Morgan fingerprint density at radius 3 is 2.80 bits per heavy atom. The zero-order chi connectivity index (χ0) is 14.7. The number of nitrogens with zero attached hydrogens (tertiary/aromatic N) is 4. The van der Waals surface area contributed by atoms with Crippen molar-refractivity contribution in [2.45, 2.75) is 39.7 Å². The lowest BCUT2D eigenvalue weighted by Gasteiger charge is -2.07. The van der Waals surface area contributed by atoms with Gasteiger partial charge in [0, 0.05) is 26.6 Å². The molecule has 0 atom stereocenters. The first-order valence-electron chi connectivity index (χ1n) is 7.02. The second-order valence-electron chi connectivity index (χ2n) is 4.82. The molecule has 2 rings (SSSR count). The maximum atomic E-state index is 11.7. The molecule has 0 aliphatic rings. The Morgan fingerprint density at radius 2 is 2.15 bits per heavy atom. The van der Waals surface area contributed by atoms with Crippen LogP contribution in [0.15, 0.2) is 0 Å². The third-order valence-corrected chi connectivity index (χ3v) is 3.29. The summed E-state index contributed by atoms with van der Waals surface area (Å²) in [7, 11) is 1.87.